The third-order valence-electron chi connectivity index (χ3n) is 13.1. The zero-order valence-corrected chi connectivity index (χ0v) is 34.1. The number of anilines is 3. The summed E-state index contributed by atoms with van der Waals surface area (Å²) in [5, 5.41) is 0. The van der Waals surface area contributed by atoms with Crippen molar-refractivity contribution in [2.75, 3.05) is 4.90 Å². The van der Waals surface area contributed by atoms with E-state index >= 15 is 0 Å². The van der Waals surface area contributed by atoms with Gasteiger partial charge in [-0.15, -0.1) is 0 Å². The monoisotopic (exact) mass is 787 g/mol. The molecule has 1 heteroatoms. The molecule has 0 N–H and O–H groups in total. The van der Waals surface area contributed by atoms with E-state index in [2.05, 4.69) is 254 Å². The predicted octanol–water partition coefficient (Wildman–Crippen LogP) is 16.2. The van der Waals surface area contributed by atoms with E-state index in [4.69, 9.17) is 0 Å². The van der Waals surface area contributed by atoms with Crippen molar-refractivity contribution in [3.63, 3.8) is 0 Å². The van der Waals surface area contributed by atoms with Crippen molar-refractivity contribution < 1.29 is 0 Å². The Morgan fingerprint density at radius 1 is 0.226 bits per heavy atom. The smallest absolute Gasteiger partial charge is 0.0713 e. The quantitative estimate of drug-likeness (QED) is 0.162. The largest absolute Gasteiger partial charge is 0.310 e. The molecule has 0 aromatic heterocycles. The fourth-order valence-corrected chi connectivity index (χ4v) is 10.4. The van der Waals surface area contributed by atoms with Gasteiger partial charge in [-0.2, -0.15) is 0 Å². The van der Waals surface area contributed by atoms with E-state index in [1.165, 1.54) is 89.0 Å². The van der Waals surface area contributed by atoms with E-state index in [0.29, 0.717) is 0 Å². The molecule has 0 atom stereocenters. The summed E-state index contributed by atoms with van der Waals surface area (Å²) in [6.45, 7) is 0. The SMILES string of the molecule is c1ccc(-c2ccc(N(c3ccc4c(c3)-c3ccccc3-c3ccccc3-c3ccccc3-4)c3ccc4c(c3)-c3ccccc3C4(c3ccccc3)c3ccccc3)cc2)cc1. The summed E-state index contributed by atoms with van der Waals surface area (Å²) < 4.78 is 0. The van der Waals surface area contributed by atoms with Gasteiger partial charge in [0.25, 0.3) is 0 Å². The highest BCUT2D eigenvalue weighted by atomic mass is 15.1. The van der Waals surface area contributed by atoms with Gasteiger partial charge < -0.3 is 4.90 Å². The fourth-order valence-electron chi connectivity index (χ4n) is 10.4. The molecule has 0 heterocycles. The molecule has 290 valence electrons. The van der Waals surface area contributed by atoms with Gasteiger partial charge in [0.05, 0.1) is 5.41 Å². The van der Waals surface area contributed by atoms with Crippen molar-refractivity contribution in [1.29, 1.82) is 0 Å². The Hall–Kier alpha value is -8.00. The summed E-state index contributed by atoms with van der Waals surface area (Å²) in [5.74, 6) is 0. The molecule has 0 aliphatic heterocycles. The van der Waals surface area contributed by atoms with Gasteiger partial charge in [0.15, 0.2) is 0 Å². The molecular weight excluding hydrogens is 747 g/mol. The molecule has 10 aromatic carbocycles. The molecule has 2 aliphatic rings. The zero-order valence-electron chi connectivity index (χ0n) is 34.1. The van der Waals surface area contributed by atoms with E-state index in [-0.39, 0.29) is 0 Å². The lowest BCUT2D eigenvalue weighted by atomic mass is 9.68. The normalized spacial score (nSPS) is 12.6. The van der Waals surface area contributed by atoms with Crippen LogP contribution < -0.4 is 4.90 Å². The first kappa shape index (κ1) is 35.9. The van der Waals surface area contributed by atoms with Gasteiger partial charge in [0, 0.05) is 17.1 Å². The van der Waals surface area contributed by atoms with Crippen LogP contribution in [-0.2, 0) is 5.41 Å². The molecule has 10 aromatic rings. The average molecular weight is 788 g/mol. The van der Waals surface area contributed by atoms with Gasteiger partial charge in [0.2, 0.25) is 0 Å². The summed E-state index contributed by atoms with van der Waals surface area (Å²) in [4.78, 5) is 2.45. The molecule has 0 radical (unpaired) electrons. The molecule has 0 bridgehead atoms. The van der Waals surface area contributed by atoms with Gasteiger partial charge in [-0.3, -0.25) is 0 Å². The second-order valence-corrected chi connectivity index (χ2v) is 16.4. The van der Waals surface area contributed by atoms with Crippen LogP contribution in [0.1, 0.15) is 22.3 Å². The molecule has 0 fully saturated rings. The predicted molar refractivity (Wildman–Crippen MR) is 259 cm³/mol. The number of hydrogen-bond donors (Lipinski definition) is 0. The number of fused-ring (bicyclic) bond motifs is 11. The molecular formula is C61H41N. The Labute approximate surface area is 363 Å². The highest BCUT2D eigenvalue weighted by Gasteiger charge is 2.46. The van der Waals surface area contributed by atoms with Crippen LogP contribution in [0.25, 0.3) is 66.8 Å². The lowest BCUT2D eigenvalue weighted by molar-refractivity contribution is 0.768. The van der Waals surface area contributed by atoms with Crippen molar-refractivity contribution in [3.8, 4) is 66.8 Å². The van der Waals surface area contributed by atoms with Crippen LogP contribution >= 0.6 is 0 Å². The van der Waals surface area contributed by atoms with Crippen LogP contribution in [0.3, 0.4) is 0 Å². The lowest BCUT2D eigenvalue weighted by Crippen LogP contribution is -2.28. The van der Waals surface area contributed by atoms with E-state index in [1.54, 1.807) is 0 Å². The summed E-state index contributed by atoms with van der Waals surface area (Å²) >= 11 is 0. The Balaban J connectivity index is 1.10. The first-order valence-electron chi connectivity index (χ1n) is 21.5. The lowest BCUT2D eigenvalue weighted by Gasteiger charge is -2.34. The van der Waals surface area contributed by atoms with E-state index in [9.17, 15) is 0 Å². The maximum absolute atomic E-state index is 2.45. The molecule has 12 rings (SSSR count). The molecule has 0 spiro atoms. The van der Waals surface area contributed by atoms with Gasteiger partial charge in [-0.25, -0.2) is 0 Å². The van der Waals surface area contributed by atoms with Gasteiger partial charge >= 0.3 is 0 Å². The Morgan fingerprint density at radius 3 is 1.11 bits per heavy atom. The molecule has 0 unspecified atom stereocenters. The second kappa shape index (κ2) is 14.6. The number of rotatable bonds is 6. The minimum absolute atomic E-state index is 0.467. The first-order chi connectivity index (χ1) is 30.8. The van der Waals surface area contributed by atoms with E-state index in [0.717, 1.165) is 17.1 Å². The van der Waals surface area contributed by atoms with E-state index < -0.39 is 5.41 Å². The minimum Gasteiger partial charge on any atom is -0.310 e. The van der Waals surface area contributed by atoms with Gasteiger partial charge in [-0.05, 0) is 125 Å². The maximum Gasteiger partial charge on any atom is 0.0713 e. The van der Waals surface area contributed by atoms with Crippen molar-refractivity contribution in [2.45, 2.75) is 5.41 Å². The van der Waals surface area contributed by atoms with Crippen LogP contribution in [0.5, 0.6) is 0 Å². The topological polar surface area (TPSA) is 3.24 Å². The highest BCUT2D eigenvalue weighted by molar-refractivity contribution is 6.04. The summed E-state index contributed by atoms with van der Waals surface area (Å²) in [5.41, 5.74) is 22.8. The van der Waals surface area contributed by atoms with Crippen molar-refractivity contribution in [1.82, 2.24) is 0 Å². The van der Waals surface area contributed by atoms with Crippen LogP contribution in [-0.4, -0.2) is 0 Å². The molecule has 2 aliphatic carbocycles. The highest BCUT2D eigenvalue weighted by Crippen LogP contribution is 2.57. The zero-order chi connectivity index (χ0) is 41.0. The van der Waals surface area contributed by atoms with E-state index in [1.807, 2.05) is 0 Å². The van der Waals surface area contributed by atoms with Gasteiger partial charge in [0.1, 0.15) is 0 Å². The average Bonchev–Trinajstić information content (AvgIpc) is 3.65. The van der Waals surface area contributed by atoms with Crippen molar-refractivity contribution in [3.05, 3.63) is 271 Å². The van der Waals surface area contributed by atoms with Gasteiger partial charge in [-0.1, -0.05) is 212 Å². The number of hydrogen-bond acceptors (Lipinski definition) is 1. The van der Waals surface area contributed by atoms with Crippen molar-refractivity contribution in [2.24, 2.45) is 0 Å². The maximum atomic E-state index is 2.45. The Bertz CT molecular complexity index is 3230. The molecule has 62 heavy (non-hydrogen) atoms. The standard InChI is InChI=1S/C61H41N/c1-4-18-42(19-5-1)43-32-34-46(35-33-43)62(47-36-38-55-53-28-13-12-26-51(53)49-24-10-11-25-50(49)52-27-14-15-29-54(52)57(55)40-47)48-37-39-60-58(41-48)56-30-16-17-31-59(56)61(60,44-20-6-2-7-21-44)45-22-8-3-9-23-45/h1-41H. The molecule has 1 nitrogen and oxygen atoms in total. The first-order valence-corrected chi connectivity index (χ1v) is 21.5. The van der Waals surface area contributed by atoms with Crippen LogP contribution in [0.2, 0.25) is 0 Å². The van der Waals surface area contributed by atoms with Crippen LogP contribution in [0.15, 0.2) is 249 Å². The van der Waals surface area contributed by atoms with Crippen LogP contribution in [0.4, 0.5) is 17.1 Å². The summed E-state index contributed by atoms with van der Waals surface area (Å²) in [7, 11) is 0. The molecule has 0 saturated carbocycles. The number of nitrogens with zero attached hydrogens (tertiary/aromatic N) is 1. The second-order valence-electron chi connectivity index (χ2n) is 16.4. The summed E-state index contributed by atoms with van der Waals surface area (Å²) in [6.07, 6.45) is 0. The molecule has 0 saturated heterocycles. The fraction of sp³-hybridized carbons (Fsp3) is 0.0164. The summed E-state index contributed by atoms with van der Waals surface area (Å²) in [6, 6.07) is 91.7. The number of benzene rings is 10. The third-order valence-corrected chi connectivity index (χ3v) is 13.1. The van der Waals surface area contributed by atoms with Crippen LogP contribution in [0, 0.1) is 0 Å². The van der Waals surface area contributed by atoms with Crippen molar-refractivity contribution >= 4 is 17.1 Å². The molecule has 0 amide bonds. The Kier molecular flexibility index (Phi) is 8.47. The third kappa shape index (κ3) is 5.56. The minimum atomic E-state index is -0.467. The Morgan fingerprint density at radius 2 is 0.581 bits per heavy atom.